The first-order chi connectivity index (χ1) is 6.70. The number of hydrogen-bond donors (Lipinski definition) is 0. The normalized spacial score (nSPS) is 16.7. The second-order valence-corrected chi connectivity index (χ2v) is 3.70. The molecule has 4 heteroatoms. The number of nitrogens with zero attached hydrogens (tertiary/aromatic N) is 3. The fourth-order valence-electron chi connectivity index (χ4n) is 1.68. The van der Waals surface area contributed by atoms with Crippen molar-refractivity contribution >= 4 is 5.91 Å². The molecule has 2 rings (SSSR count). The van der Waals surface area contributed by atoms with Gasteiger partial charge in [0.15, 0.2) is 0 Å². The Labute approximate surface area is 83.5 Å². The van der Waals surface area contributed by atoms with Crippen LogP contribution in [0, 0.1) is 0 Å². The summed E-state index contributed by atoms with van der Waals surface area (Å²) in [4.78, 5) is 13.3. The molecule has 0 saturated heterocycles. The van der Waals surface area contributed by atoms with Gasteiger partial charge in [0.2, 0.25) is 5.91 Å². The van der Waals surface area contributed by atoms with Crippen LogP contribution in [0.1, 0.15) is 18.3 Å². The van der Waals surface area contributed by atoms with Crippen molar-refractivity contribution in [2.75, 3.05) is 13.6 Å². The van der Waals surface area contributed by atoms with Crippen molar-refractivity contribution in [1.29, 1.82) is 0 Å². The molecule has 14 heavy (non-hydrogen) atoms. The third-order valence-corrected chi connectivity index (χ3v) is 2.69. The largest absolute Gasteiger partial charge is 0.344 e. The van der Waals surface area contributed by atoms with Gasteiger partial charge < -0.3 is 4.90 Å². The second-order valence-electron chi connectivity index (χ2n) is 3.70. The van der Waals surface area contributed by atoms with Gasteiger partial charge in [0, 0.05) is 25.7 Å². The maximum absolute atomic E-state index is 11.5. The molecule has 0 saturated carbocycles. The number of rotatable bonds is 1. The minimum absolute atomic E-state index is 0.148. The molecule has 76 valence electrons. The van der Waals surface area contributed by atoms with Gasteiger partial charge in [-0.3, -0.25) is 9.48 Å². The molecular formula is C10H15N3O. The summed E-state index contributed by atoms with van der Waals surface area (Å²) < 4.78 is 1.84. The lowest BCUT2D eigenvalue weighted by atomic mass is 10.2. The van der Waals surface area contributed by atoms with E-state index in [1.807, 2.05) is 11.7 Å². The quantitative estimate of drug-likeness (QED) is 0.650. The number of hydrogen-bond acceptors (Lipinski definition) is 2. The molecule has 1 aliphatic heterocycles. The molecule has 1 aliphatic rings. The van der Waals surface area contributed by atoms with Gasteiger partial charge in [0.25, 0.3) is 0 Å². The summed E-state index contributed by atoms with van der Waals surface area (Å²) in [5.74, 6) is 0.148. The van der Waals surface area contributed by atoms with E-state index in [4.69, 9.17) is 0 Å². The van der Waals surface area contributed by atoms with Crippen molar-refractivity contribution in [3.8, 4) is 0 Å². The molecule has 0 aromatic carbocycles. The number of likely N-dealkylation sites (N-methyl/N-ethyl adjacent to an activating group) is 1. The molecule has 1 aromatic rings. The maximum Gasteiger partial charge on any atom is 0.244 e. The van der Waals surface area contributed by atoms with E-state index in [0.717, 1.165) is 25.1 Å². The summed E-state index contributed by atoms with van der Waals surface area (Å²) in [6.07, 6.45) is 1.85. The van der Waals surface area contributed by atoms with Crippen LogP contribution in [0.2, 0.25) is 0 Å². The molecule has 0 bridgehead atoms. The Bertz CT molecular complexity index is 356. The summed E-state index contributed by atoms with van der Waals surface area (Å²) in [6, 6.07) is 2.10. The van der Waals surface area contributed by atoms with Gasteiger partial charge in [0.1, 0.15) is 6.54 Å². The van der Waals surface area contributed by atoms with Crippen molar-refractivity contribution in [2.24, 2.45) is 0 Å². The minimum atomic E-state index is 0.148. The Hall–Kier alpha value is -1.32. The topological polar surface area (TPSA) is 38.1 Å². The van der Waals surface area contributed by atoms with Crippen molar-refractivity contribution < 1.29 is 4.79 Å². The number of aromatic nitrogens is 2. The van der Waals surface area contributed by atoms with Gasteiger partial charge in [-0.05, 0) is 12.5 Å². The van der Waals surface area contributed by atoms with Gasteiger partial charge in [-0.25, -0.2) is 0 Å². The molecule has 0 atom stereocenters. The standard InChI is InChI=1S/C10H15N3O/c1-3-8-6-9-4-5-12(2)10(14)7-13(9)11-8/h6H,3-5,7H2,1-2H3. The number of carbonyl (C=O) groups excluding carboxylic acids is 1. The predicted octanol–water partition coefficient (Wildman–Crippen LogP) is 0.460. The fourth-order valence-corrected chi connectivity index (χ4v) is 1.68. The van der Waals surface area contributed by atoms with Crippen molar-refractivity contribution in [2.45, 2.75) is 26.3 Å². The van der Waals surface area contributed by atoms with E-state index in [0.29, 0.717) is 6.54 Å². The predicted molar refractivity (Wildman–Crippen MR) is 52.9 cm³/mol. The lowest BCUT2D eigenvalue weighted by Crippen LogP contribution is -2.29. The first-order valence-electron chi connectivity index (χ1n) is 5.00. The van der Waals surface area contributed by atoms with Crippen molar-refractivity contribution in [3.05, 3.63) is 17.5 Å². The van der Waals surface area contributed by atoms with Crippen LogP contribution in [0.4, 0.5) is 0 Å². The smallest absolute Gasteiger partial charge is 0.244 e. The molecule has 4 nitrogen and oxygen atoms in total. The molecule has 2 heterocycles. The summed E-state index contributed by atoms with van der Waals surface area (Å²) in [5.41, 5.74) is 2.26. The van der Waals surface area contributed by atoms with Crippen LogP contribution in [-0.2, 0) is 24.2 Å². The summed E-state index contributed by atoms with van der Waals surface area (Å²) in [5, 5.41) is 4.38. The second kappa shape index (κ2) is 3.44. The minimum Gasteiger partial charge on any atom is -0.344 e. The van der Waals surface area contributed by atoms with Gasteiger partial charge in [-0.2, -0.15) is 5.10 Å². The molecule has 0 radical (unpaired) electrons. The van der Waals surface area contributed by atoms with Crippen LogP contribution in [0.5, 0.6) is 0 Å². The summed E-state index contributed by atoms with van der Waals surface area (Å²) in [7, 11) is 1.84. The Morgan fingerprint density at radius 1 is 1.57 bits per heavy atom. The van der Waals surface area contributed by atoms with Crippen LogP contribution in [0.3, 0.4) is 0 Å². The number of amides is 1. The molecule has 0 unspecified atom stereocenters. The Morgan fingerprint density at radius 2 is 2.36 bits per heavy atom. The molecular weight excluding hydrogens is 178 g/mol. The number of aryl methyl sites for hydroxylation is 1. The average Bonchev–Trinajstić information content (AvgIpc) is 2.51. The van der Waals surface area contributed by atoms with E-state index in [-0.39, 0.29) is 5.91 Å². The SMILES string of the molecule is CCc1cc2n(n1)CC(=O)N(C)CC2. The van der Waals surface area contributed by atoms with E-state index in [1.54, 1.807) is 4.90 Å². The highest BCUT2D eigenvalue weighted by atomic mass is 16.2. The molecule has 0 spiro atoms. The molecule has 1 amide bonds. The Kier molecular flexibility index (Phi) is 2.27. The van der Waals surface area contributed by atoms with E-state index in [2.05, 4.69) is 18.1 Å². The highest BCUT2D eigenvalue weighted by Gasteiger charge is 2.18. The monoisotopic (exact) mass is 193 g/mol. The number of carbonyl (C=O) groups is 1. The Morgan fingerprint density at radius 3 is 3.07 bits per heavy atom. The number of fused-ring (bicyclic) bond motifs is 1. The van der Waals surface area contributed by atoms with E-state index >= 15 is 0 Å². The zero-order chi connectivity index (χ0) is 10.1. The highest BCUT2D eigenvalue weighted by molar-refractivity contribution is 5.76. The average molecular weight is 193 g/mol. The van der Waals surface area contributed by atoms with Crippen LogP contribution >= 0.6 is 0 Å². The van der Waals surface area contributed by atoms with E-state index in [1.165, 1.54) is 5.69 Å². The molecule has 0 aliphatic carbocycles. The lowest BCUT2D eigenvalue weighted by Gasteiger charge is -2.12. The molecule has 0 fully saturated rings. The van der Waals surface area contributed by atoms with Gasteiger partial charge in [-0.1, -0.05) is 6.92 Å². The zero-order valence-electron chi connectivity index (χ0n) is 8.66. The van der Waals surface area contributed by atoms with E-state index in [9.17, 15) is 4.79 Å². The van der Waals surface area contributed by atoms with Crippen LogP contribution in [0.15, 0.2) is 6.07 Å². The van der Waals surface area contributed by atoms with Gasteiger partial charge >= 0.3 is 0 Å². The summed E-state index contributed by atoms with van der Waals surface area (Å²) in [6.45, 7) is 3.27. The first kappa shape index (κ1) is 9.24. The van der Waals surface area contributed by atoms with Crippen molar-refractivity contribution in [3.63, 3.8) is 0 Å². The van der Waals surface area contributed by atoms with Crippen LogP contribution < -0.4 is 0 Å². The summed E-state index contributed by atoms with van der Waals surface area (Å²) >= 11 is 0. The van der Waals surface area contributed by atoms with Crippen molar-refractivity contribution in [1.82, 2.24) is 14.7 Å². The van der Waals surface area contributed by atoms with Gasteiger partial charge in [0.05, 0.1) is 5.69 Å². The Balaban J connectivity index is 2.29. The zero-order valence-corrected chi connectivity index (χ0v) is 8.66. The van der Waals surface area contributed by atoms with E-state index < -0.39 is 0 Å². The third-order valence-electron chi connectivity index (χ3n) is 2.69. The molecule has 1 aromatic heterocycles. The third kappa shape index (κ3) is 1.52. The van der Waals surface area contributed by atoms with Crippen LogP contribution in [0.25, 0.3) is 0 Å². The highest BCUT2D eigenvalue weighted by Crippen LogP contribution is 2.10. The molecule has 0 N–H and O–H groups in total. The first-order valence-corrected chi connectivity index (χ1v) is 5.00. The lowest BCUT2D eigenvalue weighted by molar-refractivity contribution is -0.130. The van der Waals surface area contributed by atoms with Crippen LogP contribution in [-0.4, -0.2) is 34.2 Å². The maximum atomic E-state index is 11.5. The fraction of sp³-hybridized carbons (Fsp3) is 0.600. The van der Waals surface area contributed by atoms with Gasteiger partial charge in [-0.15, -0.1) is 0 Å².